The Labute approximate surface area is 200 Å². The van der Waals surface area contributed by atoms with Crippen LogP contribution in [0.4, 0.5) is 0 Å². The Balaban J connectivity index is 2.23. The van der Waals surface area contributed by atoms with Gasteiger partial charge in [0, 0.05) is 0 Å². The molecule has 0 bridgehead atoms. The van der Waals surface area contributed by atoms with Gasteiger partial charge in [-0.1, -0.05) is 0 Å². The number of benzene rings is 2. The molecule has 2 aliphatic rings. The molecule has 2 aliphatic heterocycles. The van der Waals surface area contributed by atoms with Gasteiger partial charge in [0.2, 0.25) is 0 Å². The quantitative estimate of drug-likeness (QED) is 0.465. The Morgan fingerprint density at radius 2 is 1.15 bits per heavy atom. The monoisotopic (exact) mass is 489 g/mol. The predicted molar refractivity (Wildman–Crippen MR) is 128 cm³/mol. The molecule has 2 aromatic carbocycles. The van der Waals surface area contributed by atoms with E-state index in [4.69, 9.17) is 18.5 Å². The molecule has 34 heavy (non-hydrogen) atoms. The second-order valence-electron chi connectivity index (χ2n) is 8.70. The molecule has 0 saturated carbocycles. The number of carbonyl (C=O) groups excluding carboxylic acids is 2. The van der Waals surface area contributed by atoms with Crippen LogP contribution in [0.2, 0.25) is 0 Å². The summed E-state index contributed by atoms with van der Waals surface area (Å²) in [4.78, 5) is 28.0. The number of nitrogens with zero attached hydrogens (tertiary/aromatic N) is 3. The maximum absolute atomic E-state index is 14.0. The van der Waals surface area contributed by atoms with Crippen LogP contribution in [0.1, 0.15) is 11.1 Å². The van der Waals surface area contributed by atoms with E-state index in [0.29, 0.717) is 24.2 Å². The second kappa shape index (κ2) is 8.37. The van der Waals surface area contributed by atoms with Crippen molar-refractivity contribution in [3.63, 3.8) is 0 Å². The van der Waals surface area contributed by atoms with Gasteiger partial charge in [-0.2, -0.15) is 0 Å². The summed E-state index contributed by atoms with van der Waals surface area (Å²) in [5.41, 5.74) is -3.17. The molecule has 184 valence electrons. The van der Waals surface area contributed by atoms with E-state index in [1.54, 1.807) is 48.5 Å². The van der Waals surface area contributed by atoms with E-state index < -0.39 is 30.7 Å². The number of esters is 2. The number of ether oxygens (including phenoxy) is 2. The number of hydrogen-bond acceptors (Lipinski definition) is 9. The topological polar surface area (TPSA) is 80.8 Å². The van der Waals surface area contributed by atoms with Gasteiger partial charge in [-0.05, 0) is 0 Å². The van der Waals surface area contributed by atoms with Crippen LogP contribution >= 0.6 is 7.51 Å². The van der Waals surface area contributed by atoms with Gasteiger partial charge in [0.1, 0.15) is 0 Å². The fourth-order valence-electron chi connectivity index (χ4n) is 5.31. The van der Waals surface area contributed by atoms with Crippen LogP contribution in [0, 0.1) is 0 Å². The Hall–Kier alpha value is -2.39. The van der Waals surface area contributed by atoms with Crippen molar-refractivity contribution >= 4 is 19.4 Å². The van der Waals surface area contributed by atoms with E-state index in [9.17, 15) is 9.59 Å². The Bertz CT molecular complexity index is 1000. The van der Waals surface area contributed by atoms with Gasteiger partial charge in [-0.25, -0.2) is 0 Å². The zero-order valence-corrected chi connectivity index (χ0v) is 21.3. The van der Waals surface area contributed by atoms with Gasteiger partial charge in [-0.3, -0.25) is 0 Å². The second-order valence-corrected chi connectivity index (χ2v) is 12.9. The van der Waals surface area contributed by atoms with E-state index in [2.05, 4.69) is 0 Å². The molecule has 2 atom stereocenters. The molecule has 0 aliphatic carbocycles. The summed E-state index contributed by atoms with van der Waals surface area (Å²) in [7, 11) is 5.77. The fraction of sp³-hybridized carbons (Fsp3) is 0.417. The van der Waals surface area contributed by atoms with Gasteiger partial charge in [-0.15, -0.1) is 0 Å². The first kappa shape index (κ1) is 24.7. The van der Waals surface area contributed by atoms with Gasteiger partial charge in [0.25, 0.3) is 0 Å². The van der Waals surface area contributed by atoms with Crippen LogP contribution in [0.25, 0.3) is 0 Å². The molecule has 2 aromatic rings. The standard InChI is InChI=1S/C24H32N3O6P/c1-25(2)34(26(3)17-18-27(34)4)32-23(21(28)30-5,19-13-9-7-10-14-19)24(33-34,22(29)31-6)20-15-11-8-12-16-20/h7-16H,17-18H2,1-6H3/t23-,24-/m1/s1. The SMILES string of the molecule is COC(=O)[C@@]1(c2ccccc2)OP2(N(C)C)(O[C@@]1(C(=O)OC)c1ccccc1)N(C)CCN2C. The molecular formula is C24H32N3O6P. The zero-order chi connectivity index (χ0) is 24.8. The van der Waals surface area contributed by atoms with Crippen molar-refractivity contribution in [1.29, 1.82) is 0 Å². The fourth-order valence-corrected chi connectivity index (χ4v) is 10.4. The first-order valence-corrected chi connectivity index (χ1v) is 12.9. The van der Waals surface area contributed by atoms with Gasteiger partial charge < -0.3 is 0 Å². The average molecular weight is 490 g/mol. The van der Waals surface area contributed by atoms with Gasteiger partial charge in [0.05, 0.1) is 0 Å². The first-order chi connectivity index (χ1) is 16.2. The molecule has 2 fully saturated rings. The molecule has 0 N–H and O–H groups in total. The zero-order valence-electron chi connectivity index (χ0n) is 20.4. The Morgan fingerprint density at radius 1 is 0.794 bits per heavy atom. The first-order valence-electron chi connectivity index (χ1n) is 11.0. The van der Waals surface area contributed by atoms with Crippen molar-refractivity contribution in [3.8, 4) is 0 Å². The molecule has 0 radical (unpaired) electrons. The molecule has 2 saturated heterocycles. The van der Waals surface area contributed by atoms with E-state index in [-0.39, 0.29) is 0 Å². The predicted octanol–water partition coefficient (Wildman–Crippen LogP) is 2.74. The van der Waals surface area contributed by atoms with Crippen LogP contribution in [0.3, 0.4) is 0 Å². The maximum atomic E-state index is 14.0. The summed E-state index contributed by atoms with van der Waals surface area (Å²) < 4.78 is 30.8. The molecule has 2 heterocycles. The Morgan fingerprint density at radius 3 is 1.44 bits per heavy atom. The molecule has 1 spiro atoms. The average Bonchev–Trinajstić information content (AvgIpc) is 3.32. The number of rotatable bonds is 5. The van der Waals surface area contributed by atoms with E-state index >= 15 is 0 Å². The summed E-state index contributed by atoms with van der Waals surface area (Å²) in [5, 5.41) is 0. The molecule has 10 heteroatoms. The molecule has 0 aromatic heterocycles. The molecular weight excluding hydrogens is 457 g/mol. The van der Waals surface area contributed by atoms with Crippen molar-refractivity contribution in [3.05, 3.63) is 71.8 Å². The van der Waals surface area contributed by atoms with Crippen LogP contribution in [-0.4, -0.2) is 81.4 Å². The number of methoxy groups -OCH3 is 2. The van der Waals surface area contributed by atoms with Crippen molar-refractivity contribution in [1.82, 2.24) is 14.0 Å². The van der Waals surface area contributed by atoms with E-state index in [1.165, 1.54) is 14.2 Å². The molecule has 0 unspecified atom stereocenters. The van der Waals surface area contributed by atoms with E-state index in [1.807, 2.05) is 54.3 Å². The summed E-state index contributed by atoms with van der Waals surface area (Å²) in [6.45, 7) is 1.20. The summed E-state index contributed by atoms with van der Waals surface area (Å²) in [6.07, 6.45) is 0. The number of hydrogen-bond donors (Lipinski definition) is 0. The van der Waals surface area contributed by atoms with Gasteiger partial charge in [0.15, 0.2) is 0 Å². The Kier molecular flexibility index (Phi) is 6.09. The summed E-state index contributed by atoms with van der Waals surface area (Å²) in [5.74, 6) is -1.52. The summed E-state index contributed by atoms with van der Waals surface area (Å²) >= 11 is 0. The van der Waals surface area contributed by atoms with Crippen LogP contribution in [0.5, 0.6) is 0 Å². The van der Waals surface area contributed by atoms with E-state index in [0.717, 1.165) is 0 Å². The van der Waals surface area contributed by atoms with Crippen molar-refractivity contribution < 1.29 is 28.1 Å². The van der Waals surface area contributed by atoms with Crippen LogP contribution in [0.15, 0.2) is 60.7 Å². The third-order valence-corrected chi connectivity index (χ3v) is 12.3. The summed E-state index contributed by atoms with van der Waals surface area (Å²) in [6, 6.07) is 17.8. The number of carbonyl (C=O) groups is 2. The normalized spacial score (nSPS) is 29.6. The van der Waals surface area contributed by atoms with Crippen LogP contribution < -0.4 is 0 Å². The third kappa shape index (κ3) is 2.77. The van der Waals surface area contributed by atoms with Gasteiger partial charge >= 0.3 is 200 Å². The van der Waals surface area contributed by atoms with Crippen LogP contribution in [-0.2, 0) is 39.3 Å². The number of likely N-dealkylation sites (N-methyl/N-ethyl adjacent to an activating group) is 2. The minimum absolute atomic E-state index is 0.424. The molecule has 9 nitrogen and oxygen atoms in total. The van der Waals surface area contributed by atoms with Crippen molar-refractivity contribution in [2.24, 2.45) is 0 Å². The van der Waals surface area contributed by atoms with Crippen molar-refractivity contribution in [2.45, 2.75) is 11.2 Å². The molecule has 4 rings (SSSR count). The van der Waals surface area contributed by atoms with Crippen molar-refractivity contribution in [2.75, 3.05) is 55.5 Å². The minimum atomic E-state index is -4.22. The molecule has 0 amide bonds. The third-order valence-electron chi connectivity index (χ3n) is 7.00.